The molecular weight excluding hydrogens is 348 g/mol. The zero-order valence-electron chi connectivity index (χ0n) is 14.6. The maximum absolute atomic E-state index is 12.1. The Morgan fingerprint density at radius 1 is 1.23 bits per heavy atom. The zero-order chi connectivity index (χ0) is 17.9. The van der Waals surface area contributed by atoms with Crippen LogP contribution in [0.1, 0.15) is 18.5 Å². The number of hydrogen-bond donors (Lipinski definition) is 1. The number of hydrogen-bond acceptors (Lipinski definition) is 6. The lowest BCUT2D eigenvalue weighted by atomic mass is 10.2. The number of nitrogens with zero attached hydrogens (tertiary/aromatic N) is 3. The average molecular weight is 368 g/mol. The lowest BCUT2D eigenvalue weighted by Crippen LogP contribution is -2.20. The van der Waals surface area contributed by atoms with Gasteiger partial charge in [0.05, 0.1) is 5.69 Å². The number of aryl methyl sites for hydroxylation is 1. The van der Waals surface area contributed by atoms with Gasteiger partial charge in [0.1, 0.15) is 17.1 Å². The average Bonchev–Trinajstić information content (AvgIpc) is 3.31. The standard InChI is InChI=1S/C19H20N4O2S/c1-13-12-26-19(20-13)22-17(24)11-25-15-6-4-5-14-7-8-16(21-18(14)15)23-9-2-3-10-23/h4-8,12H,2-3,9-11H2,1H3,(H,20,22,24). The fourth-order valence-electron chi connectivity index (χ4n) is 3.06. The summed E-state index contributed by atoms with van der Waals surface area (Å²) in [5.74, 6) is 1.36. The van der Waals surface area contributed by atoms with Crippen molar-refractivity contribution in [2.24, 2.45) is 0 Å². The third-order valence-electron chi connectivity index (χ3n) is 4.32. The second-order valence-corrected chi connectivity index (χ2v) is 7.18. The van der Waals surface area contributed by atoms with Crippen LogP contribution in [0.15, 0.2) is 35.7 Å². The normalized spacial score (nSPS) is 14.0. The van der Waals surface area contributed by atoms with E-state index in [2.05, 4.69) is 27.3 Å². The minimum Gasteiger partial charge on any atom is -0.481 e. The van der Waals surface area contributed by atoms with Crippen molar-refractivity contribution < 1.29 is 9.53 Å². The van der Waals surface area contributed by atoms with E-state index in [1.807, 2.05) is 30.5 Å². The highest BCUT2D eigenvalue weighted by molar-refractivity contribution is 7.13. The first kappa shape index (κ1) is 16.8. The molecule has 0 aliphatic carbocycles. The minimum absolute atomic E-state index is 0.0760. The van der Waals surface area contributed by atoms with Gasteiger partial charge in [0.25, 0.3) is 5.91 Å². The summed E-state index contributed by atoms with van der Waals surface area (Å²) < 4.78 is 5.76. The summed E-state index contributed by atoms with van der Waals surface area (Å²) in [4.78, 5) is 23.4. The van der Waals surface area contributed by atoms with Crippen molar-refractivity contribution in [3.05, 3.63) is 41.4 Å². The Morgan fingerprint density at radius 3 is 2.85 bits per heavy atom. The molecule has 0 unspecified atom stereocenters. The number of thiazole rings is 1. The van der Waals surface area contributed by atoms with Crippen LogP contribution >= 0.6 is 11.3 Å². The van der Waals surface area contributed by atoms with E-state index in [1.54, 1.807) is 0 Å². The molecule has 1 fully saturated rings. The van der Waals surface area contributed by atoms with Gasteiger partial charge >= 0.3 is 0 Å². The molecule has 6 nitrogen and oxygen atoms in total. The predicted molar refractivity (Wildman–Crippen MR) is 104 cm³/mol. The fourth-order valence-corrected chi connectivity index (χ4v) is 3.76. The number of pyridine rings is 1. The predicted octanol–water partition coefficient (Wildman–Crippen LogP) is 3.62. The molecule has 1 saturated heterocycles. The van der Waals surface area contributed by atoms with Crippen molar-refractivity contribution in [1.29, 1.82) is 0 Å². The third-order valence-corrected chi connectivity index (χ3v) is 5.20. The van der Waals surface area contributed by atoms with Gasteiger partial charge in [0.2, 0.25) is 0 Å². The van der Waals surface area contributed by atoms with Gasteiger partial charge < -0.3 is 9.64 Å². The van der Waals surface area contributed by atoms with E-state index in [0.717, 1.165) is 35.5 Å². The first-order chi connectivity index (χ1) is 12.7. The van der Waals surface area contributed by atoms with Gasteiger partial charge in [-0.1, -0.05) is 12.1 Å². The SMILES string of the molecule is Cc1csc(NC(=O)COc2cccc3ccc(N4CCCC4)nc23)n1. The molecule has 3 aromatic rings. The third kappa shape index (κ3) is 3.62. The number of para-hydroxylation sites is 1. The number of benzene rings is 1. The van der Waals surface area contributed by atoms with Gasteiger partial charge in [-0.3, -0.25) is 10.1 Å². The van der Waals surface area contributed by atoms with Crippen molar-refractivity contribution in [3.63, 3.8) is 0 Å². The number of aromatic nitrogens is 2. The molecule has 0 radical (unpaired) electrons. The Kier molecular flexibility index (Phi) is 4.71. The molecular formula is C19H20N4O2S. The largest absolute Gasteiger partial charge is 0.481 e. The monoisotopic (exact) mass is 368 g/mol. The maximum atomic E-state index is 12.1. The number of anilines is 2. The number of carbonyl (C=O) groups is 1. The maximum Gasteiger partial charge on any atom is 0.264 e. The number of amides is 1. The van der Waals surface area contributed by atoms with Crippen molar-refractivity contribution in [2.75, 3.05) is 29.9 Å². The summed E-state index contributed by atoms with van der Waals surface area (Å²) in [7, 11) is 0. The highest BCUT2D eigenvalue weighted by Gasteiger charge is 2.15. The molecule has 2 aromatic heterocycles. The van der Waals surface area contributed by atoms with Crippen LogP contribution in [0.2, 0.25) is 0 Å². The quantitative estimate of drug-likeness (QED) is 0.745. The van der Waals surface area contributed by atoms with Gasteiger partial charge in [-0.15, -0.1) is 11.3 Å². The highest BCUT2D eigenvalue weighted by atomic mass is 32.1. The number of ether oxygens (including phenoxy) is 1. The molecule has 7 heteroatoms. The molecule has 1 aliphatic rings. The first-order valence-electron chi connectivity index (χ1n) is 8.68. The Morgan fingerprint density at radius 2 is 2.08 bits per heavy atom. The molecule has 1 amide bonds. The van der Waals surface area contributed by atoms with E-state index in [-0.39, 0.29) is 12.5 Å². The molecule has 4 rings (SSSR count). The summed E-state index contributed by atoms with van der Waals surface area (Å²) in [6, 6.07) is 9.87. The second kappa shape index (κ2) is 7.29. The summed E-state index contributed by atoms with van der Waals surface area (Å²) in [6.07, 6.45) is 2.41. The van der Waals surface area contributed by atoms with Crippen LogP contribution in [0.4, 0.5) is 10.9 Å². The zero-order valence-corrected chi connectivity index (χ0v) is 15.4. The molecule has 0 spiro atoms. The van der Waals surface area contributed by atoms with Crippen LogP contribution < -0.4 is 15.0 Å². The lowest BCUT2D eigenvalue weighted by molar-refractivity contribution is -0.118. The summed E-state index contributed by atoms with van der Waals surface area (Å²) in [6.45, 7) is 3.89. The Hall–Kier alpha value is -2.67. The lowest BCUT2D eigenvalue weighted by Gasteiger charge is -2.17. The van der Waals surface area contributed by atoms with E-state index in [0.29, 0.717) is 10.9 Å². The van der Waals surface area contributed by atoms with Crippen LogP contribution in [-0.2, 0) is 4.79 Å². The molecule has 134 valence electrons. The fraction of sp³-hybridized carbons (Fsp3) is 0.316. The molecule has 0 bridgehead atoms. The van der Waals surface area contributed by atoms with Gasteiger partial charge in [-0.25, -0.2) is 9.97 Å². The smallest absolute Gasteiger partial charge is 0.264 e. The van der Waals surface area contributed by atoms with Crippen LogP contribution in [0, 0.1) is 6.92 Å². The molecule has 0 atom stereocenters. The number of fused-ring (bicyclic) bond motifs is 1. The van der Waals surface area contributed by atoms with E-state index in [4.69, 9.17) is 9.72 Å². The van der Waals surface area contributed by atoms with Crippen LogP contribution in [0.5, 0.6) is 5.75 Å². The molecule has 3 heterocycles. The van der Waals surface area contributed by atoms with Crippen molar-refractivity contribution in [3.8, 4) is 5.75 Å². The van der Waals surface area contributed by atoms with Gasteiger partial charge in [-0.2, -0.15) is 0 Å². The molecule has 26 heavy (non-hydrogen) atoms. The van der Waals surface area contributed by atoms with Crippen LogP contribution in [0.3, 0.4) is 0 Å². The van der Waals surface area contributed by atoms with E-state index in [1.165, 1.54) is 24.2 Å². The van der Waals surface area contributed by atoms with E-state index >= 15 is 0 Å². The van der Waals surface area contributed by atoms with Crippen molar-refractivity contribution in [2.45, 2.75) is 19.8 Å². The molecule has 1 N–H and O–H groups in total. The molecule has 1 aliphatic heterocycles. The number of carbonyl (C=O) groups excluding carboxylic acids is 1. The Bertz CT molecular complexity index is 934. The summed E-state index contributed by atoms with van der Waals surface area (Å²) in [5.41, 5.74) is 1.67. The van der Waals surface area contributed by atoms with E-state index < -0.39 is 0 Å². The summed E-state index contributed by atoms with van der Waals surface area (Å²) >= 11 is 1.40. The highest BCUT2D eigenvalue weighted by Crippen LogP contribution is 2.28. The molecule has 1 aromatic carbocycles. The topological polar surface area (TPSA) is 67.3 Å². The van der Waals surface area contributed by atoms with Gasteiger partial charge in [0.15, 0.2) is 11.7 Å². The minimum atomic E-state index is -0.230. The van der Waals surface area contributed by atoms with Crippen LogP contribution in [-0.4, -0.2) is 35.6 Å². The van der Waals surface area contributed by atoms with Gasteiger partial charge in [0, 0.05) is 23.9 Å². The van der Waals surface area contributed by atoms with Crippen LogP contribution in [0.25, 0.3) is 10.9 Å². The van der Waals surface area contributed by atoms with E-state index in [9.17, 15) is 4.79 Å². The molecule has 0 saturated carbocycles. The first-order valence-corrected chi connectivity index (χ1v) is 9.56. The van der Waals surface area contributed by atoms with Crippen molar-refractivity contribution in [1.82, 2.24) is 9.97 Å². The second-order valence-electron chi connectivity index (χ2n) is 6.32. The summed E-state index contributed by atoms with van der Waals surface area (Å²) in [5, 5.41) is 6.23. The number of rotatable bonds is 5. The Balaban J connectivity index is 1.50. The Labute approximate surface area is 155 Å². The van der Waals surface area contributed by atoms with Crippen molar-refractivity contribution >= 4 is 39.1 Å². The number of nitrogens with one attached hydrogen (secondary N) is 1. The van der Waals surface area contributed by atoms with Gasteiger partial charge in [-0.05, 0) is 38.0 Å².